The molecule has 2 rings (SSSR count). The molecule has 1 aromatic heterocycles. The molecule has 0 aliphatic carbocycles. The number of hydrogen-bond acceptors (Lipinski definition) is 4. The number of halogens is 1. The average Bonchev–Trinajstić information content (AvgIpc) is 2.83. The summed E-state index contributed by atoms with van der Waals surface area (Å²) in [4.78, 5) is 14.9. The Morgan fingerprint density at radius 2 is 2.10 bits per heavy atom. The third kappa shape index (κ3) is 4.07. The largest absolute Gasteiger partial charge is 0.465 e. The predicted octanol–water partition coefficient (Wildman–Crippen LogP) is 3.82. The van der Waals surface area contributed by atoms with Gasteiger partial charge in [-0.3, -0.25) is 4.90 Å². The minimum atomic E-state index is -0.306. The fourth-order valence-corrected chi connectivity index (χ4v) is 3.15. The molecule has 3 nitrogen and oxygen atoms in total. The van der Waals surface area contributed by atoms with Crippen LogP contribution in [-0.4, -0.2) is 25.0 Å². The van der Waals surface area contributed by atoms with Gasteiger partial charge in [-0.25, -0.2) is 4.79 Å². The number of methoxy groups -OCH3 is 1. The zero-order valence-electron chi connectivity index (χ0n) is 11.4. The van der Waals surface area contributed by atoms with Crippen LogP contribution >= 0.6 is 22.9 Å². The van der Waals surface area contributed by atoms with Crippen molar-refractivity contribution < 1.29 is 9.53 Å². The highest BCUT2D eigenvalue weighted by Crippen LogP contribution is 2.22. The zero-order valence-corrected chi connectivity index (χ0v) is 13.0. The highest BCUT2D eigenvalue weighted by Gasteiger charge is 2.08. The molecule has 2 aromatic rings. The highest BCUT2D eigenvalue weighted by atomic mass is 35.5. The number of carbonyl (C=O) groups is 1. The van der Waals surface area contributed by atoms with Gasteiger partial charge in [0.05, 0.1) is 17.0 Å². The Labute approximate surface area is 127 Å². The van der Waals surface area contributed by atoms with Crippen LogP contribution in [0.4, 0.5) is 0 Å². The molecule has 1 aromatic carbocycles. The first-order chi connectivity index (χ1) is 9.58. The second-order valence-corrected chi connectivity index (χ2v) is 6.37. The number of benzene rings is 1. The van der Waals surface area contributed by atoms with Crippen molar-refractivity contribution >= 4 is 28.9 Å². The lowest BCUT2D eigenvalue weighted by Gasteiger charge is -2.16. The van der Waals surface area contributed by atoms with Gasteiger partial charge in [0.2, 0.25) is 0 Å². The van der Waals surface area contributed by atoms with Crippen LogP contribution in [0, 0.1) is 0 Å². The molecule has 0 bridgehead atoms. The van der Waals surface area contributed by atoms with Gasteiger partial charge in [0.1, 0.15) is 0 Å². The van der Waals surface area contributed by atoms with Crippen molar-refractivity contribution in [3.8, 4) is 0 Å². The highest BCUT2D eigenvalue weighted by molar-refractivity contribution is 7.16. The number of carbonyl (C=O) groups excluding carboxylic acids is 1. The molecule has 0 unspecified atom stereocenters. The molecule has 20 heavy (non-hydrogen) atoms. The third-order valence-electron chi connectivity index (χ3n) is 2.86. The van der Waals surface area contributed by atoms with Crippen LogP contribution in [0.5, 0.6) is 0 Å². The van der Waals surface area contributed by atoms with Crippen molar-refractivity contribution in [3.05, 3.63) is 56.7 Å². The van der Waals surface area contributed by atoms with Gasteiger partial charge in [0, 0.05) is 18.0 Å². The summed E-state index contributed by atoms with van der Waals surface area (Å²) in [6.07, 6.45) is 0. The summed E-state index contributed by atoms with van der Waals surface area (Å²) in [6, 6.07) is 11.4. The summed E-state index contributed by atoms with van der Waals surface area (Å²) in [7, 11) is 3.43. The molecule has 0 aliphatic heterocycles. The zero-order chi connectivity index (χ0) is 14.5. The molecular weight excluding hydrogens is 294 g/mol. The van der Waals surface area contributed by atoms with Crippen molar-refractivity contribution in [2.24, 2.45) is 0 Å². The Bertz CT molecular complexity index is 597. The number of rotatable bonds is 5. The Morgan fingerprint density at radius 1 is 1.30 bits per heavy atom. The van der Waals surface area contributed by atoms with Crippen molar-refractivity contribution in [1.82, 2.24) is 4.90 Å². The number of nitrogens with zero attached hydrogens (tertiary/aromatic N) is 1. The molecular formula is C15H16ClNO2S. The van der Waals surface area contributed by atoms with Crippen LogP contribution < -0.4 is 0 Å². The molecule has 0 fully saturated rings. The molecule has 0 atom stereocenters. The SMILES string of the molecule is COC(=O)c1cccc(CN(C)Cc2ccc(Cl)s2)c1. The maximum absolute atomic E-state index is 11.5. The molecule has 0 radical (unpaired) electrons. The summed E-state index contributed by atoms with van der Waals surface area (Å²) >= 11 is 7.51. The number of esters is 1. The van der Waals surface area contributed by atoms with E-state index in [1.807, 2.05) is 37.4 Å². The molecule has 0 amide bonds. The lowest BCUT2D eigenvalue weighted by atomic mass is 10.1. The maximum Gasteiger partial charge on any atom is 0.337 e. The Hall–Kier alpha value is -1.36. The average molecular weight is 310 g/mol. The van der Waals surface area contributed by atoms with E-state index in [1.54, 1.807) is 17.4 Å². The van der Waals surface area contributed by atoms with E-state index in [4.69, 9.17) is 16.3 Å². The molecule has 5 heteroatoms. The van der Waals surface area contributed by atoms with Gasteiger partial charge in [0.15, 0.2) is 0 Å². The molecule has 0 aliphatic rings. The fourth-order valence-electron chi connectivity index (χ4n) is 1.98. The van der Waals surface area contributed by atoms with Crippen LogP contribution in [0.2, 0.25) is 4.34 Å². The number of thiophene rings is 1. The van der Waals surface area contributed by atoms with Gasteiger partial charge >= 0.3 is 5.97 Å². The summed E-state index contributed by atoms with van der Waals surface area (Å²) in [5.41, 5.74) is 1.66. The van der Waals surface area contributed by atoms with E-state index in [0.29, 0.717) is 5.56 Å². The summed E-state index contributed by atoms with van der Waals surface area (Å²) < 4.78 is 5.54. The van der Waals surface area contributed by atoms with Crippen molar-refractivity contribution in [2.75, 3.05) is 14.2 Å². The number of ether oxygens (including phenoxy) is 1. The van der Waals surface area contributed by atoms with Gasteiger partial charge in [-0.05, 0) is 36.9 Å². The van der Waals surface area contributed by atoms with Crippen LogP contribution in [0.1, 0.15) is 20.8 Å². The first-order valence-corrected chi connectivity index (χ1v) is 7.38. The van der Waals surface area contributed by atoms with E-state index in [9.17, 15) is 4.79 Å². The Kier molecular flexibility index (Phi) is 5.17. The van der Waals surface area contributed by atoms with E-state index >= 15 is 0 Å². The third-order valence-corrected chi connectivity index (χ3v) is 4.07. The molecule has 0 N–H and O–H groups in total. The lowest BCUT2D eigenvalue weighted by Crippen LogP contribution is -2.16. The molecule has 106 valence electrons. The Balaban J connectivity index is 2.00. The summed E-state index contributed by atoms with van der Waals surface area (Å²) in [5, 5.41) is 0. The first-order valence-electron chi connectivity index (χ1n) is 6.18. The lowest BCUT2D eigenvalue weighted by molar-refractivity contribution is 0.0600. The monoisotopic (exact) mass is 309 g/mol. The summed E-state index contributed by atoms with van der Waals surface area (Å²) in [6.45, 7) is 1.60. The van der Waals surface area contributed by atoms with Crippen molar-refractivity contribution in [3.63, 3.8) is 0 Å². The van der Waals surface area contributed by atoms with Crippen LogP contribution in [-0.2, 0) is 17.8 Å². The Morgan fingerprint density at radius 3 is 2.75 bits per heavy atom. The fraction of sp³-hybridized carbons (Fsp3) is 0.267. The molecule has 1 heterocycles. The van der Waals surface area contributed by atoms with Gasteiger partial charge in [0.25, 0.3) is 0 Å². The smallest absolute Gasteiger partial charge is 0.337 e. The number of hydrogen-bond donors (Lipinski definition) is 0. The van der Waals surface area contributed by atoms with Gasteiger partial charge in [-0.1, -0.05) is 23.7 Å². The van der Waals surface area contributed by atoms with Crippen molar-refractivity contribution in [1.29, 1.82) is 0 Å². The second-order valence-electron chi connectivity index (χ2n) is 4.57. The normalized spacial score (nSPS) is 10.8. The van der Waals surface area contributed by atoms with E-state index in [-0.39, 0.29) is 5.97 Å². The minimum Gasteiger partial charge on any atom is -0.465 e. The molecule has 0 saturated heterocycles. The quantitative estimate of drug-likeness (QED) is 0.786. The van der Waals surface area contributed by atoms with Gasteiger partial charge in [-0.2, -0.15) is 0 Å². The molecule has 0 saturated carbocycles. The standard InChI is InChI=1S/C15H16ClNO2S/c1-17(10-13-6-7-14(16)20-13)9-11-4-3-5-12(8-11)15(18)19-2/h3-8H,9-10H2,1-2H3. The van der Waals surface area contributed by atoms with Gasteiger partial charge < -0.3 is 4.74 Å². The van der Waals surface area contributed by atoms with E-state index in [1.165, 1.54) is 12.0 Å². The minimum absolute atomic E-state index is 0.306. The van der Waals surface area contributed by atoms with Crippen LogP contribution in [0.3, 0.4) is 0 Å². The van der Waals surface area contributed by atoms with Gasteiger partial charge in [-0.15, -0.1) is 11.3 Å². The van der Waals surface area contributed by atoms with Crippen LogP contribution in [0.15, 0.2) is 36.4 Å². The maximum atomic E-state index is 11.5. The molecule has 0 spiro atoms. The summed E-state index contributed by atoms with van der Waals surface area (Å²) in [5.74, 6) is -0.306. The topological polar surface area (TPSA) is 29.5 Å². The second kappa shape index (κ2) is 6.88. The van der Waals surface area contributed by atoms with Crippen LogP contribution in [0.25, 0.3) is 0 Å². The van der Waals surface area contributed by atoms with E-state index in [2.05, 4.69) is 4.90 Å². The first kappa shape index (κ1) is 15.0. The predicted molar refractivity (Wildman–Crippen MR) is 82.3 cm³/mol. The van der Waals surface area contributed by atoms with E-state index < -0.39 is 0 Å². The van der Waals surface area contributed by atoms with Crippen molar-refractivity contribution in [2.45, 2.75) is 13.1 Å². The van der Waals surface area contributed by atoms with E-state index in [0.717, 1.165) is 23.0 Å².